The van der Waals surface area contributed by atoms with Gasteiger partial charge in [0.15, 0.2) is 5.82 Å². The standard InChI is InChI=1S/C14H13N3OS/c1-9(14-15-10(2)17-18-14)19-13-8-7-11-5-3-4-6-12(11)16-13/h3-9H,1-2H3/t9-/m0/s1. The first-order valence-electron chi connectivity index (χ1n) is 6.05. The summed E-state index contributed by atoms with van der Waals surface area (Å²) in [5.74, 6) is 1.30. The third kappa shape index (κ3) is 2.61. The van der Waals surface area contributed by atoms with Crippen LogP contribution in [0.4, 0.5) is 0 Å². The normalized spacial score (nSPS) is 12.7. The predicted octanol–water partition coefficient (Wildman–Crippen LogP) is 3.78. The van der Waals surface area contributed by atoms with Crippen molar-refractivity contribution in [3.05, 3.63) is 48.1 Å². The second-order valence-corrected chi connectivity index (χ2v) is 5.64. The number of thioether (sulfide) groups is 1. The van der Waals surface area contributed by atoms with Gasteiger partial charge in [-0.2, -0.15) is 4.98 Å². The van der Waals surface area contributed by atoms with E-state index in [-0.39, 0.29) is 5.25 Å². The number of fused-ring (bicyclic) bond motifs is 1. The average molecular weight is 271 g/mol. The molecule has 0 saturated carbocycles. The maximum Gasteiger partial charge on any atom is 0.239 e. The van der Waals surface area contributed by atoms with Crippen LogP contribution in [-0.4, -0.2) is 15.1 Å². The maximum atomic E-state index is 5.18. The molecular weight excluding hydrogens is 258 g/mol. The third-order valence-electron chi connectivity index (χ3n) is 2.76. The summed E-state index contributed by atoms with van der Waals surface area (Å²) < 4.78 is 5.18. The average Bonchev–Trinajstić information content (AvgIpc) is 2.85. The van der Waals surface area contributed by atoms with Crippen LogP contribution in [0.5, 0.6) is 0 Å². The highest BCUT2D eigenvalue weighted by Crippen LogP contribution is 2.33. The first kappa shape index (κ1) is 12.2. The molecule has 0 aliphatic carbocycles. The second-order valence-electron chi connectivity index (χ2n) is 4.28. The molecule has 1 aromatic carbocycles. The molecule has 0 bridgehead atoms. The maximum absolute atomic E-state index is 5.18. The molecule has 2 aromatic heterocycles. The molecule has 0 N–H and O–H groups in total. The molecule has 0 spiro atoms. The summed E-state index contributed by atoms with van der Waals surface area (Å²) in [6.07, 6.45) is 0. The van der Waals surface area contributed by atoms with E-state index < -0.39 is 0 Å². The molecule has 0 saturated heterocycles. The molecule has 96 valence electrons. The predicted molar refractivity (Wildman–Crippen MR) is 75.1 cm³/mol. The molecule has 0 amide bonds. The van der Waals surface area contributed by atoms with Crippen LogP contribution in [0.25, 0.3) is 10.9 Å². The molecule has 0 unspecified atom stereocenters. The smallest absolute Gasteiger partial charge is 0.239 e. The van der Waals surface area contributed by atoms with Crippen LogP contribution in [0.3, 0.4) is 0 Å². The van der Waals surface area contributed by atoms with Gasteiger partial charge in [-0.1, -0.05) is 41.2 Å². The van der Waals surface area contributed by atoms with Crippen LogP contribution in [0.2, 0.25) is 0 Å². The van der Waals surface area contributed by atoms with E-state index in [1.165, 1.54) is 0 Å². The van der Waals surface area contributed by atoms with Crippen LogP contribution in [0.15, 0.2) is 45.9 Å². The molecule has 3 aromatic rings. The Balaban J connectivity index is 1.84. The zero-order chi connectivity index (χ0) is 13.2. The van der Waals surface area contributed by atoms with E-state index in [0.717, 1.165) is 15.9 Å². The summed E-state index contributed by atoms with van der Waals surface area (Å²) in [6, 6.07) is 12.2. The van der Waals surface area contributed by atoms with Crippen LogP contribution in [-0.2, 0) is 0 Å². The van der Waals surface area contributed by atoms with Gasteiger partial charge in [0.05, 0.1) is 15.8 Å². The van der Waals surface area contributed by atoms with Crippen molar-refractivity contribution in [1.82, 2.24) is 15.1 Å². The topological polar surface area (TPSA) is 51.8 Å². The zero-order valence-electron chi connectivity index (χ0n) is 10.7. The number of pyridine rings is 1. The Labute approximate surface area is 115 Å². The van der Waals surface area contributed by atoms with Gasteiger partial charge in [0.1, 0.15) is 0 Å². The van der Waals surface area contributed by atoms with Gasteiger partial charge in [0.25, 0.3) is 0 Å². The molecule has 1 atom stereocenters. The molecule has 5 heteroatoms. The van der Waals surface area contributed by atoms with Crippen molar-refractivity contribution in [3.8, 4) is 0 Å². The van der Waals surface area contributed by atoms with Gasteiger partial charge >= 0.3 is 0 Å². The number of hydrogen-bond acceptors (Lipinski definition) is 5. The highest BCUT2D eigenvalue weighted by molar-refractivity contribution is 7.99. The van der Waals surface area contributed by atoms with Gasteiger partial charge in [-0.05, 0) is 26.0 Å². The third-order valence-corrected chi connectivity index (χ3v) is 3.79. The van der Waals surface area contributed by atoms with Gasteiger partial charge in [-0.15, -0.1) is 0 Å². The van der Waals surface area contributed by atoms with Crippen LogP contribution in [0, 0.1) is 6.92 Å². The molecule has 19 heavy (non-hydrogen) atoms. The van der Waals surface area contributed by atoms with Crippen molar-refractivity contribution < 1.29 is 4.52 Å². The Hall–Kier alpha value is -1.88. The fourth-order valence-corrected chi connectivity index (χ4v) is 2.68. The molecule has 0 aliphatic rings. The summed E-state index contributed by atoms with van der Waals surface area (Å²) in [7, 11) is 0. The van der Waals surface area contributed by atoms with E-state index in [2.05, 4.69) is 27.3 Å². The Bertz CT molecular complexity index is 710. The number of para-hydroxylation sites is 1. The lowest BCUT2D eigenvalue weighted by atomic mass is 10.2. The molecule has 0 radical (unpaired) electrons. The highest BCUT2D eigenvalue weighted by atomic mass is 32.2. The lowest BCUT2D eigenvalue weighted by Gasteiger charge is -2.06. The van der Waals surface area contributed by atoms with Crippen molar-refractivity contribution >= 4 is 22.7 Å². The van der Waals surface area contributed by atoms with Crippen molar-refractivity contribution in [3.63, 3.8) is 0 Å². The van der Waals surface area contributed by atoms with Crippen LogP contribution < -0.4 is 0 Å². The van der Waals surface area contributed by atoms with Gasteiger partial charge in [0.2, 0.25) is 5.89 Å². The minimum absolute atomic E-state index is 0.0925. The van der Waals surface area contributed by atoms with E-state index in [0.29, 0.717) is 11.7 Å². The van der Waals surface area contributed by atoms with E-state index in [9.17, 15) is 0 Å². The van der Waals surface area contributed by atoms with Crippen molar-refractivity contribution in [2.75, 3.05) is 0 Å². The number of rotatable bonds is 3. The second kappa shape index (κ2) is 5.01. The summed E-state index contributed by atoms with van der Waals surface area (Å²) in [6.45, 7) is 3.85. The quantitative estimate of drug-likeness (QED) is 0.678. The monoisotopic (exact) mass is 271 g/mol. The minimum atomic E-state index is 0.0925. The SMILES string of the molecule is Cc1noc([C@H](C)Sc2ccc3ccccc3n2)n1. The Kier molecular flexibility index (Phi) is 3.21. The largest absolute Gasteiger partial charge is 0.338 e. The van der Waals surface area contributed by atoms with Crippen LogP contribution >= 0.6 is 11.8 Å². The van der Waals surface area contributed by atoms with Crippen LogP contribution in [0.1, 0.15) is 23.9 Å². The minimum Gasteiger partial charge on any atom is -0.338 e. The number of hydrogen-bond donors (Lipinski definition) is 0. The number of benzene rings is 1. The highest BCUT2D eigenvalue weighted by Gasteiger charge is 2.15. The first-order chi connectivity index (χ1) is 9.22. The number of aryl methyl sites for hydroxylation is 1. The Morgan fingerprint density at radius 3 is 2.74 bits per heavy atom. The van der Waals surface area contributed by atoms with E-state index in [1.807, 2.05) is 38.1 Å². The van der Waals surface area contributed by atoms with Crippen molar-refractivity contribution in [2.45, 2.75) is 24.1 Å². The van der Waals surface area contributed by atoms with Gasteiger partial charge in [0, 0.05) is 5.39 Å². The molecule has 0 aliphatic heterocycles. The zero-order valence-corrected chi connectivity index (χ0v) is 11.5. The molecule has 2 heterocycles. The van der Waals surface area contributed by atoms with E-state index >= 15 is 0 Å². The van der Waals surface area contributed by atoms with E-state index in [1.54, 1.807) is 11.8 Å². The van der Waals surface area contributed by atoms with Crippen molar-refractivity contribution in [2.24, 2.45) is 0 Å². The van der Waals surface area contributed by atoms with Crippen molar-refractivity contribution in [1.29, 1.82) is 0 Å². The molecule has 0 fully saturated rings. The number of aromatic nitrogens is 3. The van der Waals surface area contributed by atoms with Gasteiger partial charge < -0.3 is 4.52 Å². The fraction of sp³-hybridized carbons (Fsp3) is 0.214. The lowest BCUT2D eigenvalue weighted by Crippen LogP contribution is -1.90. The van der Waals surface area contributed by atoms with E-state index in [4.69, 9.17) is 4.52 Å². The Morgan fingerprint density at radius 2 is 1.95 bits per heavy atom. The first-order valence-corrected chi connectivity index (χ1v) is 6.93. The molecule has 4 nitrogen and oxygen atoms in total. The summed E-state index contributed by atoms with van der Waals surface area (Å²) in [5.41, 5.74) is 1.00. The summed E-state index contributed by atoms with van der Waals surface area (Å²) in [4.78, 5) is 8.86. The van der Waals surface area contributed by atoms with Gasteiger partial charge in [-0.3, -0.25) is 0 Å². The Morgan fingerprint density at radius 1 is 1.11 bits per heavy atom. The lowest BCUT2D eigenvalue weighted by molar-refractivity contribution is 0.376. The summed E-state index contributed by atoms with van der Waals surface area (Å²) in [5, 5.41) is 6.01. The summed E-state index contributed by atoms with van der Waals surface area (Å²) >= 11 is 1.62. The molecule has 3 rings (SSSR count). The number of nitrogens with zero attached hydrogens (tertiary/aromatic N) is 3. The fourth-order valence-electron chi connectivity index (χ4n) is 1.82. The van der Waals surface area contributed by atoms with Gasteiger partial charge in [-0.25, -0.2) is 4.98 Å². The molecular formula is C14H13N3OS.